The number of nitrogen functional groups attached to an aromatic ring is 1. The van der Waals surface area contributed by atoms with Crippen molar-refractivity contribution < 1.29 is 9.84 Å². The highest BCUT2D eigenvalue weighted by Gasteiger charge is 2.28. The molecule has 3 rings (SSSR count). The van der Waals surface area contributed by atoms with Crippen LogP contribution in [-0.2, 0) is 0 Å². The van der Waals surface area contributed by atoms with Gasteiger partial charge in [-0.1, -0.05) is 19.3 Å². The number of hydrogen-bond acceptors (Lipinski definition) is 6. The van der Waals surface area contributed by atoms with Gasteiger partial charge in [-0.05, 0) is 12.8 Å². The molecule has 2 heterocycles. The number of aliphatic hydroxyl groups is 1. The first kappa shape index (κ1) is 13.1. The average Bonchev–Trinajstić information content (AvgIpc) is 2.63. The average molecular weight is 277 g/mol. The summed E-state index contributed by atoms with van der Waals surface area (Å²) in [5.74, 6) is 0.758. The summed E-state index contributed by atoms with van der Waals surface area (Å²) in [4.78, 5) is 12.6. The molecule has 108 valence electrons. The molecule has 0 amide bonds. The van der Waals surface area contributed by atoms with E-state index >= 15 is 0 Å². The SMILES string of the molecule is COc1ncnc2c1nc(N)n2C1CCCCCC1O. The minimum absolute atomic E-state index is 0.0814. The highest BCUT2D eigenvalue weighted by molar-refractivity contribution is 5.79. The molecule has 1 aliphatic carbocycles. The van der Waals surface area contributed by atoms with Crippen molar-refractivity contribution in [3.05, 3.63) is 6.33 Å². The number of ether oxygens (including phenoxy) is 1. The number of methoxy groups -OCH3 is 1. The fourth-order valence-corrected chi connectivity index (χ4v) is 2.95. The van der Waals surface area contributed by atoms with Crippen molar-refractivity contribution in [3.63, 3.8) is 0 Å². The Kier molecular flexibility index (Phi) is 3.43. The van der Waals surface area contributed by atoms with Gasteiger partial charge in [-0.25, -0.2) is 9.97 Å². The van der Waals surface area contributed by atoms with E-state index in [0.29, 0.717) is 23.0 Å². The zero-order valence-electron chi connectivity index (χ0n) is 11.5. The summed E-state index contributed by atoms with van der Waals surface area (Å²) in [7, 11) is 1.54. The normalized spacial score (nSPS) is 23.7. The van der Waals surface area contributed by atoms with Crippen LogP contribution in [0.2, 0.25) is 0 Å². The Morgan fingerprint density at radius 1 is 1.30 bits per heavy atom. The summed E-state index contributed by atoms with van der Waals surface area (Å²) >= 11 is 0. The van der Waals surface area contributed by atoms with E-state index in [1.807, 2.05) is 4.57 Å². The lowest BCUT2D eigenvalue weighted by Crippen LogP contribution is -2.24. The first-order valence-electron chi connectivity index (χ1n) is 6.93. The number of hydrogen-bond donors (Lipinski definition) is 2. The molecule has 0 bridgehead atoms. The van der Waals surface area contributed by atoms with Crippen LogP contribution in [0.1, 0.15) is 38.1 Å². The molecular weight excluding hydrogens is 258 g/mol. The van der Waals surface area contributed by atoms with Crippen molar-refractivity contribution in [2.75, 3.05) is 12.8 Å². The first-order valence-corrected chi connectivity index (χ1v) is 6.93. The van der Waals surface area contributed by atoms with E-state index in [0.717, 1.165) is 32.1 Å². The van der Waals surface area contributed by atoms with Crippen molar-refractivity contribution in [1.82, 2.24) is 19.5 Å². The molecule has 2 atom stereocenters. The van der Waals surface area contributed by atoms with Gasteiger partial charge in [-0.2, -0.15) is 4.98 Å². The Morgan fingerprint density at radius 2 is 2.10 bits per heavy atom. The largest absolute Gasteiger partial charge is 0.479 e. The fraction of sp³-hybridized carbons (Fsp3) is 0.615. The summed E-state index contributed by atoms with van der Waals surface area (Å²) in [6.07, 6.45) is 5.93. The maximum atomic E-state index is 10.4. The zero-order chi connectivity index (χ0) is 14.1. The fourth-order valence-electron chi connectivity index (χ4n) is 2.95. The van der Waals surface area contributed by atoms with Crippen LogP contribution in [0.4, 0.5) is 5.95 Å². The summed E-state index contributed by atoms with van der Waals surface area (Å²) in [6, 6.07) is -0.0814. The number of rotatable bonds is 2. The lowest BCUT2D eigenvalue weighted by molar-refractivity contribution is 0.108. The van der Waals surface area contributed by atoms with Gasteiger partial charge < -0.3 is 15.6 Å². The second kappa shape index (κ2) is 5.24. The Morgan fingerprint density at radius 3 is 2.90 bits per heavy atom. The predicted octanol–water partition coefficient (Wildman–Crippen LogP) is 1.28. The van der Waals surface area contributed by atoms with Crippen molar-refractivity contribution >= 4 is 17.1 Å². The lowest BCUT2D eigenvalue weighted by atomic mass is 10.1. The molecular formula is C13H19N5O2. The topological polar surface area (TPSA) is 99.1 Å². The van der Waals surface area contributed by atoms with Crippen molar-refractivity contribution in [1.29, 1.82) is 0 Å². The minimum Gasteiger partial charge on any atom is -0.479 e. The third kappa shape index (κ3) is 2.07. The van der Waals surface area contributed by atoms with Crippen LogP contribution in [0.25, 0.3) is 11.2 Å². The Labute approximate surface area is 116 Å². The van der Waals surface area contributed by atoms with Crippen molar-refractivity contribution in [2.24, 2.45) is 0 Å². The van der Waals surface area contributed by atoms with Crippen molar-refractivity contribution in [3.8, 4) is 5.88 Å². The van der Waals surface area contributed by atoms with E-state index in [4.69, 9.17) is 10.5 Å². The van der Waals surface area contributed by atoms with Gasteiger partial charge in [0.2, 0.25) is 11.8 Å². The predicted molar refractivity (Wildman–Crippen MR) is 74.4 cm³/mol. The van der Waals surface area contributed by atoms with Crippen LogP contribution in [-0.4, -0.2) is 37.8 Å². The molecule has 3 N–H and O–H groups in total. The van der Waals surface area contributed by atoms with Gasteiger partial charge in [0.15, 0.2) is 11.2 Å². The van der Waals surface area contributed by atoms with Gasteiger partial charge in [-0.15, -0.1) is 0 Å². The molecule has 2 aromatic heterocycles. The van der Waals surface area contributed by atoms with Crippen LogP contribution in [0.15, 0.2) is 6.33 Å². The van der Waals surface area contributed by atoms with Crippen LogP contribution in [0, 0.1) is 0 Å². The van der Waals surface area contributed by atoms with E-state index < -0.39 is 6.10 Å². The summed E-state index contributed by atoms with van der Waals surface area (Å²) in [5.41, 5.74) is 7.21. The Bertz CT molecular complexity index is 612. The molecule has 1 fully saturated rings. The highest BCUT2D eigenvalue weighted by Crippen LogP contribution is 2.33. The van der Waals surface area contributed by atoms with Crippen LogP contribution in [0.5, 0.6) is 5.88 Å². The molecule has 7 heteroatoms. The molecule has 20 heavy (non-hydrogen) atoms. The van der Waals surface area contributed by atoms with Gasteiger partial charge in [0.1, 0.15) is 6.33 Å². The van der Waals surface area contributed by atoms with Gasteiger partial charge in [0, 0.05) is 0 Å². The smallest absolute Gasteiger partial charge is 0.245 e. The third-order valence-electron chi connectivity index (χ3n) is 3.94. The summed E-state index contributed by atoms with van der Waals surface area (Å²) in [5, 5.41) is 10.4. The van der Waals surface area contributed by atoms with E-state index in [-0.39, 0.29) is 6.04 Å². The minimum atomic E-state index is -0.418. The van der Waals surface area contributed by atoms with Crippen LogP contribution < -0.4 is 10.5 Å². The van der Waals surface area contributed by atoms with Crippen LogP contribution in [0.3, 0.4) is 0 Å². The molecule has 0 radical (unpaired) electrons. The Hall–Kier alpha value is -1.89. The highest BCUT2D eigenvalue weighted by atomic mass is 16.5. The molecule has 1 saturated carbocycles. The molecule has 0 aromatic carbocycles. The maximum absolute atomic E-state index is 10.4. The monoisotopic (exact) mass is 277 g/mol. The number of fused-ring (bicyclic) bond motifs is 1. The Balaban J connectivity index is 2.12. The van der Waals surface area contributed by atoms with Gasteiger partial charge in [0.25, 0.3) is 0 Å². The zero-order valence-corrected chi connectivity index (χ0v) is 11.5. The molecule has 2 unspecified atom stereocenters. The van der Waals surface area contributed by atoms with E-state index in [2.05, 4.69) is 15.0 Å². The molecule has 7 nitrogen and oxygen atoms in total. The van der Waals surface area contributed by atoms with Gasteiger partial charge >= 0.3 is 0 Å². The second-order valence-electron chi connectivity index (χ2n) is 5.17. The number of imidazole rings is 1. The van der Waals surface area contributed by atoms with Crippen molar-refractivity contribution in [2.45, 2.75) is 44.2 Å². The standard InChI is InChI=1S/C13H19N5O2/c1-20-12-10-11(15-7-16-12)18(13(14)17-10)8-5-3-2-4-6-9(8)19/h7-9,19H,2-6H2,1H3,(H2,14,17). The number of aromatic nitrogens is 4. The summed E-state index contributed by atoms with van der Waals surface area (Å²) < 4.78 is 7.02. The number of nitrogens with zero attached hydrogens (tertiary/aromatic N) is 4. The third-order valence-corrected chi connectivity index (χ3v) is 3.94. The molecule has 2 aromatic rings. The quantitative estimate of drug-likeness (QED) is 0.802. The van der Waals surface area contributed by atoms with E-state index in [1.54, 1.807) is 0 Å². The lowest BCUT2D eigenvalue weighted by Gasteiger charge is -2.23. The number of aliphatic hydroxyl groups excluding tert-OH is 1. The molecule has 0 saturated heterocycles. The molecule has 0 spiro atoms. The van der Waals surface area contributed by atoms with Crippen LogP contribution >= 0.6 is 0 Å². The molecule has 1 aliphatic rings. The number of anilines is 1. The van der Waals surface area contributed by atoms with E-state index in [1.165, 1.54) is 13.4 Å². The number of nitrogens with two attached hydrogens (primary N) is 1. The molecule has 0 aliphatic heterocycles. The second-order valence-corrected chi connectivity index (χ2v) is 5.17. The van der Waals surface area contributed by atoms with E-state index in [9.17, 15) is 5.11 Å². The summed E-state index contributed by atoms with van der Waals surface area (Å²) in [6.45, 7) is 0. The first-order chi connectivity index (χ1) is 9.72. The van der Waals surface area contributed by atoms with Gasteiger partial charge in [-0.3, -0.25) is 4.57 Å². The maximum Gasteiger partial charge on any atom is 0.245 e. The van der Waals surface area contributed by atoms with Gasteiger partial charge in [0.05, 0.1) is 19.3 Å².